The Morgan fingerprint density at radius 3 is 2.56 bits per heavy atom. The van der Waals surface area contributed by atoms with Crippen molar-refractivity contribution in [3.8, 4) is 16.2 Å². The van der Waals surface area contributed by atoms with E-state index in [1.165, 1.54) is 11.3 Å². The summed E-state index contributed by atoms with van der Waals surface area (Å²) in [6, 6.07) is 15.1. The third-order valence-corrected chi connectivity index (χ3v) is 6.63. The fourth-order valence-corrected chi connectivity index (χ4v) is 4.48. The van der Waals surface area contributed by atoms with Crippen LogP contribution in [-0.4, -0.2) is 34.1 Å². The van der Waals surface area contributed by atoms with E-state index in [1.54, 1.807) is 27.0 Å². The minimum atomic E-state index is -1.21. The van der Waals surface area contributed by atoms with Crippen LogP contribution in [0.5, 0.6) is 5.75 Å². The predicted octanol–water partition coefficient (Wildman–Crippen LogP) is 5.33. The molecule has 8 heteroatoms. The molecule has 0 saturated heterocycles. The number of carbonyl (C=O) groups is 2. The average molecular weight is 510 g/mol. The van der Waals surface area contributed by atoms with Gasteiger partial charge in [0.15, 0.2) is 5.13 Å². The highest BCUT2D eigenvalue weighted by Gasteiger charge is 2.32. The first kappa shape index (κ1) is 27.4. The van der Waals surface area contributed by atoms with E-state index in [0.717, 1.165) is 27.3 Å². The molecule has 0 aliphatic carbocycles. The molecule has 0 spiro atoms. The number of aliphatic hydroxyl groups excluding tert-OH is 1. The smallest absolute Gasteiger partial charge is 0.250 e. The van der Waals surface area contributed by atoms with Crippen LogP contribution in [0.4, 0.5) is 5.13 Å². The molecule has 2 atom stereocenters. The molecule has 3 rings (SSSR count). The second-order valence-corrected chi connectivity index (χ2v) is 10.9. The first-order valence-electron chi connectivity index (χ1n) is 12.1. The van der Waals surface area contributed by atoms with Crippen molar-refractivity contribution in [2.45, 2.75) is 66.2 Å². The van der Waals surface area contributed by atoms with Crippen LogP contribution in [0.1, 0.15) is 51.7 Å². The van der Waals surface area contributed by atoms with Crippen LogP contribution in [0, 0.1) is 12.3 Å². The number of aromatic nitrogens is 1. The zero-order valence-electron chi connectivity index (χ0n) is 21.5. The van der Waals surface area contributed by atoms with Gasteiger partial charge in [-0.3, -0.25) is 9.59 Å². The van der Waals surface area contributed by atoms with E-state index in [4.69, 9.17) is 4.74 Å². The molecule has 3 N–H and O–H groups in total. The van der Waals surface area contributed by atoms with E-state index in [0.29, 0.717) is 24.6 Å². The van der Waals surface area contributed by atoms with Gasteiger partial charge in [0.05, 0.1) is 4.88 Å². The molecule has 2 amide bonds. The summed E-state index contributed by atoms with van der Waals surface area (Å²) < 4.78 is 6.00. The van der Waals surface area contributed by atoms with Crippen molar-refractivity contribution in [1.29, 1.82) is 0 Å². The molecule has 0 aliphatic heterocycles. The highest BCUT2D eigenvalue weighted by atomic mass is 32.1. The van der Waals surface area contributed by atoms with Gasteiger partial charge in [0, 0.05) is 6.20 Å². The molecule has 1 heterocycles. The summed E-state index contributed by atoms with van der Waals surface area (Å²) >= 11 is 1.36. The van der Waals surface area contributed by atoms with E-state index in [9.17, 15) is 14.7 Å². The minimum Gasteiger partial charge on any atom is -0.489 e. The van der Waals surface area contributed by atoms with Gasteiger partial charge in [0.1, 0.15) is 24.5 Å². The van der Waals surface area contributed by atoms with Crippen molar-refractivity contribution in [2.24, 2.45) is 5.41 Å². The fraction of sp³-hybridized carbons (Fsp3) is 0.393. The van der Waals surface area contributed by atoms with Gasteiger partial charge in [-0.15, -0.1) is 0 Å². The molecular formula is C28H35N3O4S. The third-order valence-electron chi connectivity index (χ3n) is 5.68. The molecular weight excluding hydrogens is 474 g/mol. The Bertz CT molecular complexity index is 1190. The number of benzene rings is 2. The van der Waals surface area contributed by atoms with E-state index >= 15 is 0 Å². The molecule has 0 bridgehead atoms. The highest BCUT2D eigenvalue weighted by molar-refractivity contribution is 7.19. The van der Waals surface area contributed by atoms with Crippen LogP contribution in [0.25, 0.3) is 10.4 Å². The minimum absolute atomic E-state index is 0.358. The fourth-order valence-electron chi connectivity index (χ4n) is 3.60. The summed E-state index contributed by atoms with van der Waals surface area (Å²) in [5.41, 5.74) is 2.50. The summed E-state index contributed by atoms with van der Waals surface area (Å²) in [6.07, 6.45) is 1.66. The average Bonchev–Trinajstić information content (AvgIpc) is 3.29. The van der Waals surface area contributed by atoms with Gasteiger partial charge < -0.3 is 20.5 Å². The number of nitrogens with zero attached hydrogens (tertiary/aromatic N) is 1. The number of anilines is 1. The van der Waals surface area contributed by atoms with Crippen LogP contribution in [0.2, 0.25) is 0 Å². The van der Waals surface area contributed by atoms with Gasteiger partial charge in [-0.25, -0.2) is 4.98 Å². The number of amides is 2. The Balaban J connectivity index is 1.70. The lowest BCUT2D eigenvalue weighted by atomic mass is 9.88. The van der Waals surface area contributed by atoms with Crippen molar-refractivity contribution >= 4 is 28.3 Å². The van der Waals surface area contributed by atoms with Gasteiger partial charge in [-0.05, 0) is 47.6 Å². The molecule has 7 nitrogen and oxygen atoms in total. The molecule has 0 saturated carbocycles. The largest absolute Gasteiger partial charge is 0.489 e. The number of hydrogen-bond acceptors (Lipinski definition) is 6. The Kier molecular flexibility index (Phi) is 9.23. The Labute approximate surface area is 216 Å². The van der Waals surface area contributed by atoms with Gasteiger partial charge in [-0.1, -0.05) is 81.9 Å². The maximum atomic E-state index is 12.9. The second kappa shape index (κ2) is 12.1. The molecule has 0 unspecified atom stereocenters. The maximum Gasteiger partial charge on any atom is 0.250 e. The van der Waals surface area contributed by atoms with E-state index in [1.807, 2.05) is 62.4 Å². The quantitative estimate of drug-likeness (QED) is 0.343. The highest BCUT2D eigenvalue weighted by Crippen LogP contribution is 2.32. The normalized spacial score (nSPS) is 13.1. The number of nitrogens with one attached hydrogen (secondary N) is 2. The van der Waals surface area contributed by atoms with Gasteiger partial charge in [0.2, 0.25) is 11.8 Å². The Morgan fingerprint density at radius 1 is 1.11 bits per heavy atom. The summed E-state index contributed by atoms with van der Waals surface area (Å²) in [5.74, 6) is -0.107. The first-order chi connectivity index (χ1) is 17.1. The summed E-state index contributed by atoms with van der Waals surface area (Å²) in [6.45, 7) is 9.67. The monoisotopic (exact) mass is 509 g/mol. The summed E-state index contributed by atoms with van der Waals surface area (Å²) in [5, 5.41) is 16.2. The molecule has 1 aromatic heterocycles. The zero-order valence-corrected chi connectivity index (χ0v) is 22.3. The van der Waals surface area contributed by atoms with Gasteiger partial charge in [0.25, 0.3) is 0 Å². The summed E-state index contributed by atoms with van der Waals surface area (Å²) in [7, 11) is 0. The topological polar surface area (TPSA) is 101 Å². The van der Waals surface area contributed by atoms with Crippen molar-refractivity contribution in [3.05, 3.63) is 65.9 Å². The lowest BCUT2D eigenvalue weighted by Gasteiger charge is -2.26. The van der Waals surface area contributed by atoms with Crippen molar-refractivity contribution in [2.75, 3.05) is 5.32 Å². The Hall–Kier alpha value is -3.23. The van der Waals surface area contributed by atoms with Crippen molar-refractivity contribution in [1.82, 2.24) is 10.3 Å². The van der Waals surface area contributed by atoms with Crippen molar-refractivity contribution < 1.29 is 19.4 Å². The van der Waals surface area contributed by atoms with E-state index in [2.05, 4.69) is 15.6 Å². The maximum absolute atomic E-state index is 12.9. The van der Waals surface area contributed by atoms with Gasteiger partial charge >= 0.3 is 0 Å². The predicted molar refractivity (Wildman–Crippen MR) is 144 cm³/mol. The van der Waals surface area contributed by atoms with E-state index in [-0.39, 0.29) is 5.91 Å². The number of ether oxygens (including phenoxy) is 1. The zero-order chi connectivity index (χ0) is 26.3. The molecule has 36 heavy (non-hydrogen) atoms. The molecule has 0 radical (unpaired) electrons. The number of rotatable bonds is 10. The molecule has 0 fully saturated rings. The molecule has 192 valence electrons. The molecule has 3 aromatic rings. The standard InChI is InChI=1S/C28H35N3O4S/c1-6-10-22(30-26(34)24(32)28(3,4)5)25(33)31-27-29-16-23(36-27)21-14-8-7-12-19(21)17-35-20-13-9-11-18(2)15-20/h7-9,11-16,22,24,32H,6,10,17H2,1-5H3,(H,30,34)(H,29,31,33)/t22-,24+/m0/s1. The first-order valence-corrected chi connectivity index (χ1v) is 12.9. The van der Waals surface area contributed by atoms with Crippen LogP contribution < -0.4 is 15.4 Å². The molecule has 0 aliphatic rings. The SMILES string of the molecule is CCC[C@H](NC(=O)[C@@H](O)C(C)(C)C)C(=O)Nc1ncc(-c2ccccc2COc2cccc(C)c2)s1. The number of hydrogen-bond donors (Lipinski definition) is 3. The Morgan fingerprint density at radius 2 is 1.86 bits per heavy atom. The molecule has 2 aromatic carbocycles. The lowest BCUT2D eigenvalue weighted by molar-refractivity contribution is -0.137. The van der Waals surface area contributed by atoms with Crippen molar-refractivity contribution in [3.63, 3.8) is 0 Å². The number of carbonyl (C=O) groups excluding carboxylic acids is 2. The van der Waals surface area contributed by atoms with Crippen LogP contribution >= 0.6 is 11.3 Å². The van der Waals surface area contributed by atoms with Crippen LogP contribution in [0.15, 0.2) is 54.7 Å². The number of aryl methyl sites for hydroxylation is 1. The number of thiazole rings is 1. The lowest BCUT2D eigenvalue weighted by Crippen LogP contribution is -2.50. The van der Waals surface area contributed by atoms with Crippen LogP contribution in [0.3, 0.4) is 0 Å². The van der Waals surface area contributed by atoms with Gasteiger partial charge in [-0.2, -0.15) is 0 Å². The van der Waals surface area contributed by atoms with E-state index < -0.39 is 23.5 Å². The summed E-state index contributed by atoms with van der Waals surface area (Å²) in [4.78, 5) is 30.7. The number of aliphatic hydroxyl groups is 1. The van der Waals surface area contributed by atoms with Crippen LogP contribution in [-0.2, 0) is 16.2 Å². The second-order valence-electron chi connectivity index (χ2n) is 9.90. The third kappa shape index (κ3) is 7.38.